The van der Waals surface area contributed by atoms with Gasteiger partial charge in [0.15, 0.2) is 0 Å². The molecule has 106 valence electrons. The number of hydrogen-bond acceptors (Lipinski definition) is 5. The molecule has 5 heteroatoms. The molecular weight excluding hydrogens is 256 g/mol. The molecule has 0 aliphatic carbocycles. The smallest absolute Gasteiger partial charge is 0.305 e. The SMILES string of the molecule is CCC.CCCCCC(=O)OCCO.CSS. The van der Waals surface area contributed by atoms with Crippen LogP contribution in [0.5, 0.6) is 0 Å². The van der Waals surface area contributed by atoms with Crippen molar-refractivity contribution in [1.82, 2.24) is 0 Å². The summed E-state index contributed by atoms with van der Waals surface area (Å²) in [5.41, 5.74) is 0. The van der Waals surface area contributed by atoms with Crippen molar-refractivity contribution in [2.45, 2.75) is 52.9 Å². The summed E-state index contributed by atoms with van der Waals surface area (Å²) < 4.78 is 4.65. The highest BCUT2D eigenvalue weighted by molar-refractivity contribution is 8.68. The third kappa shape index (κ3) is 38.6. The fraction of sp³-hybridized carbons (Fsp3) is 0.917. The molecule has 1 N–H and O–H groups in total. The Balaban J connectivity index is -0.000000273. The Hall–Kier alpha value is 0.130. The van der Waals surface area contributed by atoms with Crippen LogP contribution in [0.4, 0.5) is 0 Å². The first-order valence-electron chi connectivity index (χ1n) is 6.08. The number of esters is 1. The van der Waals surface area contributed by atoms with Crippen LogP contribution in [0.2, 0.25) is 0 Å². The van der Waals surface area contributed by atoms with E-state index in [0.29, 0.717) is 6.42 Å². The van der Waals surface area contributed by atoms with Gasteiger partial charge < -0.3 is 9.84 Å². The second kappa shape index (κ2) is 25.1. The van der Waals surface area contributed by atoms with Crippen LogP contribution in [0, 0.1) is 0 Å². The maximum atomic E-state index is 10.7. The van der Waals surface area contributed by atoms with E-state index < -0.39 is 0 Å². The zero-order valence-corrected chi connectivity index (χ0v) is 13.3. The Morgan fingerprint density at radius 1 is 1.29 bits per heavy atom. The van der Waals surface area contributed by atoms with Gasteiger partial charge in [-0.2, -0.15) is 0 Å². The number of hydrogen-bond donors (Lipinski definition) is 2. The minimum atomic E-state index is -0.201. The Labute approximate surface area is 116 Å². The quantitative estimate of drug-likeness (QED) is 0.338. The third-order valence-electron chi connectivity index (χ3n) is 1.34. The van der Waals surface area contributed by atoms with Gasteiger partial charge in [-0.1, -0.05) is 40.0 Å². The van der Waals surface area contributed by atoms with Crippen LogP contribution in [-0.2, 0) is 9.53 Å². The highest BCUT2D eigenvalue weighted by Crippen LogP contribution is 1.99. The van der Waals surface area contributed by atoms with E-state index >= 15 is 0 Å². The van der Waals surface area contributed by atoms with E-state index in [2.05, 4.69) is 37.2 Å². The zero-order valence-electron chi connectivity index (χ0n) is 11.6. The molecule has 0 bridgehead atoms. The van der Waals surface area contributed by atoms with Crippen LogP contribution in [0.25, 0.3) is 0 Å². The summed E-state index contributed by atoms with van der Waals surface area (Å²) in [6.07, 6.45) is 6.69. The monoisotopic (exact) mass is 284 g/mol. The number of ether oxygens (including phenoxy) is 1. The zero-order chi connectivity index (χ0) is 13.9. The van der Waals surface area contributed by atoms with E-state index in [9.17, 15) is 4.79 Å². The van der Waals surface area contributed by atoms with Crippen molar-refractivity contribution in [2.24, 2.45) is 0 Å². The summed E-state index contributed by atoms with van der Waals surface area (Å²) in [7, 11) is 1.44. The number of aliphatic hydroxyl groups is 1. The molecule has 17 heavy (non-hydrogen) atoms. The molecule has 0 unspecified atom stereocenters. The molecule has 0 aromatic rings. The van der Waals surface area contributed by atoms with Gasteiger partial charge in [-0.15, -0.1) is 22.5 Å². The van der Waals surface area contributed by atoms with Crippen molar-refractivity contribution in [3.05, 3.63) is 0 Å². The van der Waals surface area contributed by atoms with Crippen molar-refractivity contribution in [2.75, 3.05) is 19.5 Å². The standard InChI is InChI=1S/C8H16O3.C3H8.CH4S2/c1-2-3-4-5-8(10)11-7-6-9;2*1-3-2/h9H,2-7H2,1H3;3H2,1-2H3;2H,1H3. The van der Waals surface area contributed by atoms with E-state index in [1.807, 2.05) is 6.26 Å². The minimum Gasteiger partial charge on any atom is -0.463 e. The molecule has 0 saturated carbocycles. The fourth-order valence-corrected chi connectivity index (χ4v) is 0.751. The van der Waals surface area contributed by atoms with Crippen molar-refractivity contribution in [3.8, 4) is 0 Å². The van der Waals surface area contributed by atoms with Crippen LogP contribution >= 0.6 is 22.5 Å². The lowest BCUT2D eigenvalue weighted by molar-refractivity contribution is -0.144. The number of aliphatic hydroxyl groups excluding tert-OH is 1. The molecule has 0 heterocycles. The van der Waals surface area contributed by atoms with Crippen LogP contribution in [0.3, 0.4) is 0 Å². The summed E-state index contributed by atoms with van der Waals surface area (Å²) in [4.78, 5) is 10.7. The van der Waals surface area contributed by atoms with Crippen molar-refractivity contribution < 1.29 is 14.6 Å². The summed E-state index contributed by atoms with van der Waals surface area (Å²) in [6, 6.07) is 0. The molecule has 0 aromatic carbocycles. The molecule has 0 aliphatic heterocycles. The van der Waals surface area contributed by atoms with Gasteiger partial charge in [0.1, 0.15) is 6.61 Å². The van der Waals surface area contributed by atoms with E-state index in [1.165, 1.54) is 17.2 Å². The molecule has 3 nitrogen and oxygen atoms in total. The number of thiol groups is 1. The van der Waals surface area contributed by atoms with E-state index in [4.69, 9.17) is 5.11 Å². The lowest BCUT2D eigenvalue weighted by atomic mass is 10.2. The summed E-state index contributed by atoms with van der Waals surface area (Å²) >= 11 is 3.71. The molecular formula is C12H28O3S2. The van der Waals surface area contributed by atoms with Gasteiger partial charge in [0.25, 0.3) is 0 Å². The average Bonchev–Trinajstić information content (AvgIpc) is 2.29. The van der Waals surface area contributed by atoms with Gasteiger partial charge in [0.05, 0.1) is 6.61 Å². The molecule has 0 rings (SSSR count). The molecule has 0 aromatic heterocycles. The second-order valence-corrected chi connectivity index (χ2v) is 4.75. The summed E-state index contributed by atoms with van der Waals surface area (Å²) in [5, 5.41) is 8.31. The number of carbonyl (C=O) groups excluding carboxylic acids is 1. The molecule has 0 aliphatic rings. The molecule has 0 atom stereocenters. The molecule has 0 spiro atoms. The van der Waals surface area contributed by atoms with Gasteiger partial charge in [0.2, 0.25) is 0 Å². The average molecular weight is 284 g/mol. The van der Waals surface area contributed by atoms with Crippen molar-refractivity contribution >= 4 is 28.4 Å². The van der Waals surface area contributed by atoms with Gasteiger partial charge in [-0.05, 0) is 12.7 Å². The van der Waals surface area contributed by atoms with E-state index in [1.54, 1.807) is 0 Å². The topological polar surface area (TPSA) is 46.5 Å². The van der Waals surface area contributed by atoms with Gasteiger partial charge in [-0.25, -0.2) is 0 Å². The van der Waals surface area contributed by atoms with Crippen molar-refractivity contribution in [1.29, 1.82) is 0 Å². The number of unbranched alkanes of at least 4 members (excludes halogenated alkanes) is 2. The summed E-state index contributed by atoms with van der Waals surface area (Å²) in [6.45, 7) is 6.38. The minimum absolute atomic E-state index is 0.0838. The normalized spacial score (nSPS) is 8.35. The highest BCUT2D eigenvalue weighted by atomic mass is 33.1. The molecule has 0 radical (unpaired) electrons. The number of carbonyl (C=O) groups is 1. The molecule has 0 saturated heterocycles. The maximum absolute atomic E-state index is 10.7. The Morgan fingerprint density at radius 3 is 2.12 bits per heavy atom. The van der Waals surface area contributed by atoms with Crippen LogP contribution in [0.15, 0.2) is 0 Å². The van der Waals surface area contributed by atoms with Gasteiger partial charge in [0, 0.05) is 6.42 Å². The predicted octanol–water partition coefficient (Wildman–Crippen LogP) is 3.71. The first-order chi connectivity index (χ1) is 8.14. The number of rotatable bonds is 6. The molecule has 0 fully saturated rings. The van der Waals surface area contributed by atoms with Gasteiger partial charge in [-0.3, -0.25) is 4.79 Å². The highest BCUT2D eigenvalue weighted by Gasteiger charge is 1.99. The second-order valence-electron chi connectivity index (χ2n) is 3.29. The Bertz CT molecular complexity index is 131. The van der Waals surface area contributed by atoms with E-state index in [-0.39, 0.29) is 19.2 Å². The van der Waals surface area contributed by atoms with Crippen LogP contribution < -0.4 is 0 Å². The maximum Gasteiger partial charge on any atom is 0.305 e. The molecule has 0 amide bonds. The first-order valence-corrected chi connectivity index (χ1v) is 8.36. The first kappa shape index (κ1) is 22.3. The van der Waals surface area contributed by atoms with Crippen molar-refractivity contribution in [3.63, 3.8) is 0 Å². The predicted molar refractivity (Wildman–Crippen MR) is 80.7 cm³/mol. The Morgan fingerprint density at radius 2 is 1.76 bits per heavy atom. The summed E-state index contributed by atoms with van der Waals surface area (Å²) in [5.74, 6) is -0.201. The van der Waals surface area contributed by atoms with Crippen LogP contribution in [0.1, 0.15) is 52.9 Å². The largest absolute Gasteiger partial charge is 0.463 e. The van der Waals surface area contributed by atoms with E-state index in [0.717, 1.165) is 19.3 Å². The van der Waals surface area contributed by atoms with Crippen LogP contribution in [-0.4, -0.2) is 30.5 Å². The lowest BCUT2D eigenvalue weighted by Crippen LogP contribution is -2.07. The lowest BCUT2D eigenvalue weighted by Gasteiger charge is -2.00. The Kier molecular flexibility index (Phi) is 33.0. The van der Waals surface area contributed by atoms with Gasteiger partial charge >= 0.3 is 5.97 Å². The fourth-order valence-electron chi connectivity index (χ4n) is 0.751. The third-order valence-corrected chi connectivity index (χ3v) is 1.34.